The fourth-order valence-corrected chi connectivity index (χ4v) is 2.26. The van der Waals surface area contributed by atoms with Crippen LogP contribution in [0.25, 0.3) is 5.69 Å². The molecule has 2 N–H and O–H groups in total. The standard InChI is InChI=1S/C15H21N3O/c1-10-5-6-11(2)14(9-10)18-15(19)13(7-8-16-4)12(3)17-18/h5-6,9,16-17H,7-8H2,1-4H3. The number of hydrogen-bond acceptors (Lipinski definition) is 2. The first-order valence-electron chi connectivity index (χ1n) is 6.57. The van der Waals surface area contributed by atoms with Gasteiger partial charge in [0.15, 0.2) is 0 Å². The van der Waals surface area contributed by atoms with Crippen molar-refractivity contribution >= 4 is 0 Å². The number of likely N-dealkylation sites (N-methyl/N-ethyl adjacent to an activating group) is 1. The molecule has 4 heteroatoms. The highest BCUT2D eigenvalue weighted by atomic mass is 16.1. The Morgan fingerprint density at radius 3 is 2.68 bits per heavy atom. The molecule has 19 heavy (non-hydrogen) atoms. The number of aromatic nitrogens is 2. The number of hydrogen-bond donors (Lipinski definition) is 2. The van der Waals surface area contributed by atoms with Crippen molar-refractivity contribution in [1.82, 2.24) is 15.1 Å². The fourth-order valence-electron chi connectivity index (χ4n) is 2.26. The van der Waals surface area contributed by atoms with Crippen molar-refractivity contribution < 1.29 is 0 Å². The summed E-state index contributed by atoms with van der Waals surface area (Å²) in [6.45, 7) is 6.81. The third kappa shape index (κ3) is 2.63. The van der Waals surface area contributed by atoms with Gasteiger partial charge in [-0.2, -0.15) is 0 Å². The molecule has 2 aromatic rings. The second-order valence-electron chi connectivity index (χ2n) is 5.00. The van der Waals surface area contributed by atoms with Crippen LogP contribution >= 0.6 is 0 Å². The van der Waals surface area contributed by atoms with Crippen LogP contribution in [0.4, 0.5) is 0 Å². The molecule has 1 aromatic carbocycles. The fraction of sp³-hybridized carbons (Fsp3) is 0.400. The van der Waals surface area contributed by atoms with E-state index in [-0.39, 0.29) is 5.56 Å². The van der Waals surface area contributed by atoms with Gasteiger partial charge in [0.2, 0.25) is 0 Å². The van der Waals surface area contributed by atoms with E-state index in [1.54, 1.807) is 4.68 Å². The summed E-state index contributed by atoms with van der Waals surface area (Å²) >= 11 is 0. The maximum atomic E-state index is 12.5. The molecule has 0 amide bonds. The van der Waals surface area contributed by atoms with Crippen LogP contribution in [0.3, 0.4) is 0 Å². The van der Waals surface area contributed by atoms with Crippen LogP contribution in [0.15, 0.2) is 23.0 Å². The quantitative estimate of drug-likeness (QED) is 0.880. The molecule has 0 unspecified atom stereocenters. The molecule has 0 bridgehead atoms. The van der Waals surface area contributed by atoms with Gasteiger partial charge in [0, 0.05) is 11.3 Å². The monoisotopic (exact) mass is 259 g/mol. The molecule has 0 saturated heterocycles. The molecule has 1 heterocycles. The van der Waals surface area contributed by atoms with E-state index >= 15 is 0 Å². The van der Waals surface area contributed by atoms with E-state index in [2.05, 4.69) is 16.5 Å². The molecule has 0 fully saturated rings. The molecule has 0 radical (unpaired) electrons. The van der Waals surface area contributed by atoms with Gasteiger partial charge in [0.05, 0.1) is 5.69 Å². The van der Waals surface area contributed by atoms with Crippen molar-refractivity contribution in [2.45, 2.75) is 27.2 Å². The van der Waals surface area contributed by atoms with Crippen molar-refractivity contribution in [1.29, 1.82) is 0 Å². The van der Waals surface area contributed by atoms with E-state index in [0.717, 1.165) is 41.0 Å². The summed E-state index contributed by atoms with van der Waals surface area (Å²) in [6, 6.07) is 6.14. The highest BCUT2D eigenvalue weighted by molar-refractivity contribution is 5.43. The van der Waals surface area contributed by atoms with Crippen LogP contribution in [-0.4, -0.2) is 23.4 Å². The van der Waals surface area contributed by atoms with Crippen LogP contribution in [0.2, 0.25) is 0 Å². The Bertz CT molecular complexity index is 637. The lowest BCUT2D eigenvalue weighted by Gasteiger charge is -2.07. The lowest BCUT2D eigenvalue weighted by Crippen LogP contribution is -2.21. The van der Waals surface area contributed by atoms with Gasteiger partial charge in [-0.1, -0.05) is 12.1 Å². The Hall–Kier alpha value is -1.81. The van der Waals surface area contributed by atoms with E-state index in [0.29, 0.717) is 0 Å². The van der Waals surface area contributed by atoms with Gasteiger partial charge in [0.1, 0.15) is 0 Å². The number of benzene rings is 1. The van der Waals surface area contributed by atoms with Gasteiger partial charge in [0.25, 0.3) is 5.56 Å². The second-order valence-corrected chi connectivity index (χ2v) is 5.00. The molecular formula is C15H21N3O. The first-order chi connectivity index (χ1) is 9.04. The van der Waals surface area contributed by atoms with Gasteiger partial charge in [-0.25, -0.2) is 4.68 Å². The van der Waals surface area contributed by atoms with Gasteiger partial charge in [-0.05, 0) is 58.0 Å². The normalized spacial score (nSPS) is 10.9. The number of aryl methyl sites for hydroxylation is 3. The predicted octanol–water partition coefficient (Wildman–Crippen LogP) is 1.85. The molecule has 4 nitrogen and oxygen atoms in total. The van der Waals surface area contributed by atoms with Gasteiger partial charge >= 0.3 is 0 Å². The molecule has 0 atom stereocenters. The SMILES string of the molecule is CNCCc1c(C)[nH]n(-c2cc(C)ccc2C)c1=O. The molecular weight excluding hydrogens is 238 g/mol. The maximum Gasteiger partial charge on any atom is 0.274 e. The minimum absolute atomic E-state index is 0.0569. The number of aromatic amines is 1. The van der Waals surface area contributed by atoms with Crippen LogP contribution in [0.5, 0.6) is 0 Å². The average molecular weight is 259 g/mol. The van der Waals surface area contributed by atoms with E-state index in [4.69, 9.17) is 0 Å². The third-order valence-corrected chi connectivity index (χ3v) is 3.42. The minimum Gasteiger partial charge on any atom is -0.319 e. The minimum atomic E-state index is 0.0569. The molecule has 0 aliphatic carbocycles. The predicted molar refractivity (Wildman–Crippen MR) is 78.2 cm³/mol. The highest BCUT2D eigenvalue weighted by Crippen LogP contribution is 2.14. The Morgan fingerprint density at radius 2 is 2.00 bits per heavy atom. The van der Waals surface area contributed by atoms with E-state index < -0.39 is 0 Å². The topological polar surface area (TPSA) is 49.8 Å². The average Bonchev–Trinajstić information content (AvgIpc) is 2.66. The number of rotatable bonds is 4. The van der Waals surface area contributed by atoms with Crippen LogP contribution in [0.1, 0.15) is 22.4 Å². The number of nitrogens with one attached hydrogen (secondary N) is 2. The first kappa shape index (κ1) is 13.6. The number of H-pyrrole nitrogens is 1. The van der Waals surface area contributed by atoms with Crippen molar-refractivity contribution in [3.63, 3.8) is 0 Å². The molecule has 0 aliphatic rings. The summed E-state index contributed by atoms with van der Waals surface area (Å²) in [4.78, 5) is 12.5. The zero-order chi connectivity index (χ0) is 14.0. The smallest absolute Gasteiger partial charge is 0.274 e. The maximum absolute atomic E-state index is 12.5. The molecule has 0 aliphatic heterocycles. The van der Waals surface area contributed by atoms with Gasteiger partial charge in [-0.3, -0.25) is 9.89 Å². The first-order valence-corrected chi connectivity index (χ1v) is 6.57. The van der Waals surface area contributed by atoms with Crippen molar-refractivity contribution in [2.24, 2.45) is 0 Å². The van der Waals surface area contributed by atoms with Crippen molar-refractivity contribution in [2.75, 3.05) is 13.6 Å². The summed E-state index contributed by atoms with van der Waals surface area (Å²) < 4.78 is 1.66. The van der Waals surface area contributed by atoms with Crippen LogP contribution < -0.4 is 10.9 Å². The zero-order valence-corrected chi connectivity index (χ0v) is 12.0. The zero-order valence-electron chi connectivity index (χ0n) is 12.0. The summed E-state index contributed by atoms with van der Waals surface area (Å²) in [7, 11) is 1.89. The largest absolute Gasteiger partial charge is 0.319 e. The van der Waals surface area contributed by atoms with E-state index in [1.807, 2.05) is 40.0 Å². The van der Waals surface area contributed by atoms with Gasteiger partial charge in [-0.15, -0.1) is 0 Å². The van der Waals surface area contributed by atoms with E-state index in [1.165, 1.54) is 0 Å². The third-order valence-electron chi connectivity index (χ3n) is 3.42. The molecule has 2 rings (SSSR count). The lowest BCUT2D eigenvalue weighted by molar-refractivity contribution is 0.783. The number of nitrogens with zero attached hydrogens (tertiary/aromatic N) is 1. The van der Waals surface area contributed by atoms with Crippen molar-refractivity contribution in [3.05, 3.63) is 50.9 Å². The molecule has 0 saturated carbocycles. The Morgan fingerprint density at radius 1 is 1.26 bits per heavy atom. The highest BCUT2D eigenvalue weighted by Gasteiger charge is 2.13. The van der Waals surface area contributed by atoms with Crippen molar-refractivity contribution in [3.8, 4) is 5.69 Å². The molecule has 0 spiro atoms. The summed E-state index contributed by atoms with van der Waals surface area (Å²) in [5.74, 6) is 0. The molecule has 1 aromatic heterocycles. The second kappa shape index (κ2) is 5.45. The Labute approximate surface area is 113 Å². The van der Waals surface area contributed by atoms with Crippen LogP contribution in [0, 0.1) is 20.8 Å². The summed E-state index contributed by atoms with van der Waals surface area (Å²) in [5, 5.41) is 6.26. The molecule has 102 valence electrons. The Kier molecular flexibility index (Phi) is 3.90. The van der Waals surface area contributed by atoms with Gasteiger partial charge < -0.3 is 5.32 Å². The van der Waals surface area contributed by atoms with E-state index in [9.17, 15) is 4.79 Å². The van der Waals surface area contributed by atoms with Crippen LogP contribution in [-0.2, 0) is 6.42 Å². The summed E-state index contributed by atoms with van der Waals surface area (Å²) in [5.41, 5.74) is 5.03. The summed E-state index contributed by atoms with van der Waals surface area (Å²) in [6.07, 6.45) is 0.746. The lowest BCUT2D eigenvalue weighted by atomic mass is 10.1. The Balaban J connectivity index is 2.52.